The predicted octanol–water partition coefficient (Wildman–Crippen LogP) is 2.52. The molecule has 0 fully saturated rings. The summed E-state index contributed by atoms with van der Waals surface area (Å²) in [6.45, 7) is 1.43. The first-order valence-electron chi connectivity index (χ1n) is 4.90. The SMILES string of the molecule is CN(CC=CC(=O)O)Cc1ccc(Br)cc1. The van der Waals surface area contributed by atoms with Crippen LogP contribution < -0.4 is 0 Å². The third-order valence-corrected chi connectivity index (χ3v) is 2.57. The topological polar surface area (TPSA) is 40.5 Å². The number of carboxylic acids is 1. The van der Waals surface area contributed by atoms with E-state index in [4.69, 9.17) is 5.11 Å². The first-order chi connectivity index (χ1) is 7.58. The number of rotatable bonds is 5. The van der Waals surface area contributed by atoms with Gasteiger partial charge >= 0.3 is 5.97 Å². The van der Waals surface area contributed by atoms with Crippen molar-refractivity contribution in [3.63, 3.8) is 0 Å². The van der Waals surface area contributed by atoms with Crippen LogP contribution in [0.15, 0.2) is 40.9 Å². The lowest BCUT2D eigenvalue weighted by Gasteiger charge is -2.14. The molecule has 1 rings (SSSR count). The van der Waals surface area contributed by atoms with E-state index in [0.717, 1.165) is 17.1 Å². The van der Waals surface area contributed by atoms with E-state index in [1.54, 1.807) is 6.08 Å². The second-order valence-electron chi connectivity index (χ2n) is 3.56. The third kappa shape index (κ3) is 5.09. The van der Waals surface area contributed by atoms with Gasteiger partial charge in [0.1, 0.15) is 0 Å². The summed E-state index contributed by atoms with van der Waals surface area (Å²) >= 11 is 3.38. The Bertz CT molecular complexity index is 373. The molecule has 0 saturated carbocycles. The molecule has 1 aromatic rings. The minimum Gasteiger partial charge on any atom is -0.478 e. The zero-order valence-electron chi connectivity index (χ0n) is 9.06. The highest BCUT2D eigenvalue weighted by atomic mass is 79.9. The molecule has 16 heavy (non-hydrogen) atoms. The van der Waals surface area contributed by atoms with Crippen molar-refractivity contribution >= 4 is 21.9 Å². The standard InChI is InChI=1S/C12H14BrNO2/c1-14(8-2-3-12(15)16)9-10-4-6-11(13)7-5-10/h2-7H,8-9H2,1H3,(H,15,16). The van der Waals surface area contributed by atoms with Gasteiger partial charge in [0, 0.05) is 23.6 Å². The van der Waals surface area contributed by atoms with E-state index in [9.17, 15) is 4.79 Å². The van der Waals surface area contributed by atoms with E-state index in [-0.39, 0.29) is 0 Å². The Hall–Kier alpha value is -1.13. The minimum absolute atomic E-state index is 0.627. The van der Waals surface area contributed by atoms with Crippen molar-refractivity contribution in [2.24, 2.45) is 0 Å². The highest BCUT2D eigenvalue weighted by Gasteiger charge is 1.98. The zero-order valence-corrected chi connectivity index (χ0v) is 10.6. The molecular formula is C12H14BrNO2. The Kier molecular flexibility index (Phi) is 5.22. The molecule has 0 saturated heterocycles. The quantitative estimate of drug-likeness (QED) is 0.845. The summed E-state index contributed by atoms with van der Waals surface area (Å²) in [5.74, 6) is -0.906. The molecule has 0 aromatic heterocycles. The smallest absolute Gasteiger partial charge is 0.328 e. The van der Waals surface area contributed by atoms with Crippen molar-refractivity contribution in [3.05, 3.63) is 46.5 Å². The fraction of sp³-hybridized carbons (Fsp3) is 0.250. The van der Waals surface area contributed by atoms with Crippen molar-refractivity contribution in [1.82, 2.24) is 4.90 Å². The molecular weight excluding hydrogens is 270 g/mol. The lowest BCUT2D eigenvalue weighted by molar-refractivity contribution is -0.131. The molecule has 3 nitrogen and oxygen atoms in total. The van der Waals surface area contributed by atoms with E-state index >= 15 is 0 Å². The number of hydrogen-bond acceptors (Lipinski definition) is 2. The van der Waals surface area contributed by atoms with E-state index in [0.29, 0.717) is 6.54 Å². The lowest BCUT2D eigenvalue weighted by atomic mass is 10.2. The van der Waals surface area contributed by atoms with Crippen LogP contribution in [0.25, 0.3) is 0 Å². The second kappa shape index (κ2) is 6.45. The molecule has 0 radical (unpaired) electrons. The predicted molar refractivity (Wildman–Crippen MR) is 67.3 cm³/mol. The van der Waals surface area contributed by atoms with Crippen LogP contribution in [-0.2, 0) is 11.3 Å². The number of benzene rings is 1. The van der Waals surface area contributed by atoms with Crippen LogP contribution in [0.5, 0.6) is 0 Å². The Morgan fingerprint density at radius 2 is 2.06 bits per heavy atom. The normalized spacial score (nSPS) is 11.2. The van der Waals surface area contributed by atoms with Crippen LogP contribution in [0.3, 0.4) is 0 Å². The van der Waals surface area contributed by atoms with Gasteiger partial charge < -0.3 is 5.11 Å². The number of nitrogens with zero attached hydrogens (tertiary/aromatic N) is 1. The fourth-order valence-corrected chi connectivity index (χ4v) is 1.56. The summed E-state index contributed by atoms with van der Waals surface area (Å²) in [6, 6.07) is 8.08. The number of halogens is 1. The molecule has 1 N–H and O–H groups in total. The summed E-state index contributed by atoms with van der Waals surface area (Å²) in [4.78, 5) is 12.3. The van der Waals surface area contributed by atoms with Gasteiger partial charge in [0.15, 0.2) is 0 Å². The van der Waals surface area contributed by atoms with Crippen LogP contribution in [-0.4, -0.2) is 29.6 Å². The van der Waals surface area contributed by atoms with Crippen molar-refractivity contribution in [1.29, 1.82) is 0 Å². The summed E-state index contributed by atoms with van der Waals surface area (Å²) in [5, 5.41) is 8.44. The number of carboxylic acid groups (broad SMARTS) is 1. The Labute approximate surface area is 104 Å². The first kappa shape index (κ1) is 12.9. The number of carbonyl (C=O) groups is 1. The molecule has 0 amide bonds. The summed E-state index contributed by atoms with van der Waals surface area (Å²) in [7, 11) is 1.95. The molecule has 0 aliphatic carbocycles. The summed E-state index contributed by atoms with van der Waals surface area (Å²) in [5.41, 5.74) is 1.20. The van der Waals surface area contributed by atoms with Gasteiger partial charge in [-0.1, -0.05) is 34.1 Å². The monoisotopic (exact) mass is 283 g/mol. The molecule has 1 aromatic carbocycles. The van der Waals surface area contributed by atoms with Crippen molar-refractivity contribution in [3.8, 4) is 0 Å². The average molecular weight is 284 g/mol. The Morgan fingerprint density at radius 3 is 2.62 bits per heavy atom. The minimum atomic E-state index is -0.906. The first-order valence-corrected chi connectivity index (χ1v) is 5.69. The van der Waals surface area contributed by atoms with Crippen LogP contribution >= 0.6 is 15.9 Å². The van der Waals surface area contributed by atoms with Crippen molar-refractivity contribution in [2.75, 3.05) is 13.6 Å². The molecule has 0 aliphatic heterocycles. The maximum absolute atomic E-state index is 10.3. The molecule has 0 heterocycles. The summed E-state index contributed by atoms with van der Waals surface area (Å²) < 4.78 is 1.06. The molecule has 86 valence electrons. The van der Waals surface area contributed by atoms with Crippen molar-refractivity contribution < 1.29 is 9.90 Å². The lowest BCUT2D eigenvalue weighted by Crippen LogP contribution is -2.17. The fourth-order valence-electron chi connectivity index (χ4n) is 1.30. The maximum Gasteiger partial charge on any atom is 0.328 e. The van der Waals surface area contributed by atoms with Crippen molar-refractivity contribution in [2.45, 2.75) is 6.54 Å². The Morgan fingerprint density at radius 1 is 1.44 bits per heavy atom. The van der Waals surface area contributed by atoms with E-state index in [1.807, 2.05) is 36.2 Å². The van der Waals surface area contributed by atoms with Crippen LogP contribution in [0.4, 0.5) is 0 Å². The molecule has 0 spiro atoms. The van der Waals surface area contributed by atoms with Gasteiger partial charge in [0.2, 0.25) is 0 Å². The van der Waals surface area contributed by atoms with E-state index in [1.165, 1.54) is 5.56 Å². The zero-order chi connectivity index (χ0) is 12.0. The highest BCUT2D eigenvalue weighted by Crippen LogP contribution is 2.11. The Balaban J connectivity index is 2.42. The largest absolute Gasteiger partial charge is 0.478 e. The maximum atomic E-state index is 10.3. The average Bonchev–Trinajstić information content (AvgIpc) is 2.21. The molecule has 0 unspecified atom stereocenters. The molecule has 4 heteroatoms. The second-order valence-corrected chi connectivity index (χ2v) is 4.48. The van der Waals surface area contributed by atoms with Crippen LogP contribution in [0, 0.1) is 0 Å². The number of aliphatic carboxylic acids is 1. The summed E-state index contributed by atoms with van der Waals surface area (Å²) in [6.07, 6.45) is 2.80. The van der Waals surface area contributed by atoms with Crippen LogP contribution in [0.2, 0.25) is 0 Å². The van der Waals surface area contributed by atoms with Gasteiger partial charge in [-0.3, -0.25) is 4.90 Å². The number of likely N-dealkylation sites (N-methyl/N-ethyl adjacent to an activating group) is 1. The highest BCUT2D eigenvalue weighted by molar-refractivity contribution is 9.10. The van der Waals surface area contributed by atoms with Gasteiger partial charge in [-0.05, 0) is 24.7 Å². The van der Waals surface area contributed by atoms with Gasteiger partial charge in [-0.15, -0.1) is 0 Å². The van der Waals surface area contributed by atoms with Gasteiger partial charge in [0.05, 0.1) is 0 Å². The van der Waals surface area contributed by atoms with E-state index < -0.39 is 5.97 Å². The van der Waals surface area contributed by atoms with Gasteiger partial charge in [-0.2, -0.15) is 0 Å². The van der Waals surface area contributed by atoms with Gasteiger partial charge in [-0.25, -0.2) is 4.79 Å². The molecule has 0 bridgehead atoms. The van der Waals surface area contributed by atoms with E-state index in [2.05, 4.69) is 15.9 Å². The number of hydrogen-bond donors (Lipinski definition) is 1. The van der Waals surface area contributed by atoms with Gasteiger partial charge in [0.25, 0.3) is 0 Å². The van der Waals surface area contributed by atoms with Crippen LogP contribution in [0.1, 0.15) is 5.56 Å². The molecule has 0 aliphatic rings. The third-order valence-electron chi connectivity index (χ3n) is 2.04. The molecule has 0 atom stereocenters.